The number of hydrogen-bond donors (Lipinski definition) is 2. The SMILES string of the molecule is [C-]#[N+]C1CN(C(=O)OC(C)(C)C)CC1O.[C-]#[N+][C@@H]1CN(C(=O)OC(C)(C)C)C[C@H]1C.[C-]#[N+][C@H]1CN(C(=O)OC(C)(C)C)C[C@@H]1O. The molecular weight excluding hydrogens is 584 g/mol. The summed E-state index contributed by atoms with van der Waals surface area (Å²) in [7, 11) is 0. The predicted molar refractivity (Wildman–Crippen MR) is 166 cm³/mol. The third kappa shape index (κ3) is 13.8. The number of β-amino-alcohol motifs (C(OH)–C–C–N with tert-alkyl or cyclic N) is 2. The minimum absolute atomic E-state index is 0.0717. The van der Waals surface area contributed by atoms with Gasteiger partial charge in [-0.15, -0.1) is 0 Å². The summed E-state index contributed by atoms with van der Waals surface area (Å²) in [6, 6.07) is -1.10. The topological polar surface area (TPSA) is 142 Å². The number of rotatable bonds is 0. The van der Waals surface area contributed by atoms with Crippen LogP contribution in [0, 0.1) is 25.6 Å². The maximum atomic E-state index is 11.7. The second-order valence-electron chi connectivity index (χ2n) is 14.4. The van der Waals surface area contributed by atoms with E-state index in [4.69, 9.17) is 33.9 Å². The Morgan fingerprint density at radius 3 is 1.04 bits per heavy atom. The van der Waals surface area contributed by atoms with E-state index in [0.29, 0.717) is 13.1 Å². The van der Waals surface area contributed by atoms with E-state index < -0.39 is 53.3 Å². The van der Waals surface area contributed by atoms with E-state index in [9.17, 15) is 24.6 Å². The van der Waals surface area contributed by atoms with E-state index in [2.05, 4.69) is 14.5 Å². The summed E-state index contributed by atoms with van der Waals surface area (Å²) in [5.74, 6) is 0.245. The molecule has 252 valence electrons. The van der Waals surface area contributed by atoms with Crippen molar-refractivity contribution in [3.63, 3.8) is 0 Å². The van der Waals surface area contributed by atoms with Crippen molar-refractivity contribution in [2.45, 2.75) is 116 Å². The van der Waals surface area contributed by atoms with Gasteiger partial charge in [0.25, 0.3) is 12.1 Å². The van der Waals surface area contributed by atoms with E-state index in [0.717, 1.165) is 0 Å². The standard InChI is InChI=1S/C11H18N2O2.2C10H16N2O3/c1-8-6-13(7-9(8)12-5)10(14)15-11(2,3)4;2*1-10(2,3)15-9(14)12-5-7(11-4)8(13)6-12/h8-9H,6-7H2,1-4H3;2*7-8,13H,5-6H2,1-3H3/t8-,9-;7-,8-;/m10./s1. The van der Waals surface area contributed by atoms with Gasteiger partial charge in [0.2, 0.25) is 6.04 Å². The molecule has 45 heavy (non-hydrogen) atoms. The van der Waals surface area contributed by atoms with Crippen molar-refractivity contribution in [1.29, 1.82) is 0 Å². The van der Waals surface area contributed by atoms with Crippen LogP contribution in [0.5, 0.6) is 0 Å². The summed E-state index contributed by atoms with van der Waals surface area (Å²) in [5, 5.41) is 18.9. The maximum absolute atomic E-state index is 11.7. The van der Waals surface area contributed by atoms with Crippen LogP contribution in [0.1, 0.15) is 69.2 Å². The molecule has 3 rings (SSSR count). The lowest BCUT2D eigenvalue weighted by Gasteiger charge is -2.23. The zero-order chi connectivity index (χ0) is 34.9. The minimum atomic E-state index is -0.755. The Kier molecular flexibility index (Phi) is 13.9. The monoisotopic (exact) mass is 634 g/mol. The van der Waals surface area contributed by atoms with Gasteiger partial charge in [0, 0.05) is 6.54 Å². The van der Waals surface area contributed by atoms with Crippen LogP contribution >= 0.6 is 0 Å². The molecule has 3 aliphatic heterocycles. The second kappa shape index (κ2) is 16.0. The van der Waals surface area contributed by atoms with Crippen molar-refractivity contribution in [2.75, 3.05) is 39.3 Å². The molecule has 2 unspecified atom stereocenters. The first-order valence-corrected chi connectivity index (χ1v) is 14.9. The number of likely N-dealkylation sites (tertiary alicyclic amines) is 3. The Labute approximate surface area is 267 Å². The van der Waals surface area contributed by atoms with Gasteiger partial charge >= 0.3 is 18.3 Å². The van der Waals surface area contributed by atoms with Crippen molar-refractivity contribution < 1.29 is 38.8 Å². The summed E-state index contributed by atoms with van der Waals surface area (Å²) in [4.78, 5) is 49.1. The van der Waals surface area contributed by atoms with Gasteiger partial charge in [0.1, 0.15) is 42.1 Å². The van der Waals surface area contributed by atoms with Crippen LogP contribution < -0.4 is 0 Å². The smallest absolute Gasteiger partial charge is 0.410 e. The van der Waals surface area contributed by atoms with Gasteiger partial charge in [-0.1, -0.05) is 6.92 Å². The fraction of sp³-hybridized carbons (Fsp3) is 0.806. The molecule has 0 aliphatic carbocycles. The molecule has 14 nitrogen and oxygen atoms in total. The Morgan fingerprint density at radius 1 is 0.556 bits per heavy atom. The molecule has 0 saturated carbocycles. The third-order valence-electron chi connectivity index (χ3n) is 6.54. The van der Waals surface area contributed by atoms with E-state index >= 15 is 0 Å². The number of aliphatic hydroxyl groups is 2. The zero-order valence-electron chi connectivity index (χ0n) is 28.2. The van der Waals surface area contributed by atoms with Crippen LogP contribution in [0.25, 0.3) is 14.5 Å². The minimum Gasteiger partial charge on any atom is -0.444 e. The number of carbonyl (C=O) groups is 3. The summed E-state index contributed by atoms with van der Waals surface area (Å²) in [5.41, 5.74) is -1.55. The van der Waals surface area contributed by atoms with Gasteiger partial charge < -0.3 is 39.0 Å². The molecule has 3 heterocycles. The van der Waals surface area contributed by atoms with Crippen molar-refractivity contribution in [1.82, 2.24) is 14.7 Å². The fourth-order valence-electron chi connectivity index (χ4n) is 4.34. The van der Waals surface area contributed by atoms with Crippen LogP contribution in [-0.2, 0) is 14.2 Å². The number of hydrogen-bond acceptors (Lipinski definition) is 8. The van der Waals surface area contributed by atoms with Crippen LogP contribution in [0.4, 0.5) is 14.4 Å². The Hall–Kier alpha value is -3.80. The van der Waals surface area contributed by atoms with Crippen molar-refractivity contribution in [3.05, 3.63) is 34.3 Å². The summed E-state index contributed by atoms with van der Waals surface area (Å²) >= 11 is 0. The molecule has 0 aromatic carbocycles. The van der Waals surface area contributed by atoms with Crippen LogP contribution in [0.3, 0.4) is 0 Å². The first-order chi connectivity index (χ1) is 20.5. The van der Waals surface area contributed by atoms with Gasteiger partial charge in [-0.3, -0.25) is 14.7 Å². The number of nitrogens with zero attached hydrogens (tertiary/aromatic N) is 6. The van der Waals surface area contributed by atoms with Gasteiger partial charge in [-0.2, -0.15) is 0 Å². The Balaban J connectivity index is 0.000000337. The van der Waals surface area contributed by atoms with Crippen molar-refractivity contribution in [2.24, 2.45) is 5.92 Å². The van der Waals surface area contributed by atoms with Gasteiger partial charge in [-0.05, 0) is 62.3 Å². The van der Waals surface area contributed by atoms with Crippen molar-refractivity contribution >= 4 is 18.3 Å². The van der Waals surface area contributed by atoms with Crippen LogP contribution in [-0.4, -0.2) is 130 Å². The molecule has 0 spiro atoms. The molecule has 0 aromatic heterocycles. The molecule has 0 aromatic rings. The Bertz CT molecular complexity index is 1010. The van der Waals surface area contributed by atoms with Crippen LogP contribution in [0.15, 0.2) is 0 Å². The summed E-state index contributed by atoms with van der Waals surface area (Å²) in [6.07, 6.45) is -2.74. The third-order valence-corrected chi connectivity index (χ3v) is 6.54. The van der Waals surface area contributed by atoms with E-state index in [1.807, 2.05) is 27.7 Å². The highest BCUT2D eigenvalue weighted by molar-refractivity contribution is 5.69. The van der Waals surface area contributed by atoms with Gasteiger partial charge in [-0.25, -0.2) is 34.1 Å². The molecule has 0 radical (unpaired) electrons. The molecule has 6 atom stereocenters. The molecule has 3 amide bonds. The lowest BCUT2D eigenvalue weighted by atomic mass is 10.1. The predicted octanol–water partition coefficient (Wildman–Crippen LogP) is 3.93. The van der Waals surface area contributed by atoms with E-state index in [1.54, 1.807) is 46.4 Å². The second-order valence-corrected chi connectivity index (χ2v) is 14.4. The zero-order valence-corrected chi connectivity index (χ0v) is 28.2. The van der Waals surface area contributed by atoms with E-state index in [1.165, 1.54) is 9.80 Å². The fourth-order valence-corrected chi connectivity index (χ4v) is 4.34. The first-order valence-electron chi connectivity index (χ1n) is 14.9. The van der Waals surface area contributed by atoms with Gasteiger partial charge in [0.05, 0.1) is 25.6 Å². The normalized spacial score (nSPS) is 26.2. The molecule has 2 N–H and O–H groups in total. The average Bonchev–Trinajstić information content (AvgIpc) is 3.57. The molecule has 3 saturated heterocycles. The lowest BCUT2D eigenvalue weighted by molar-refractivity contribution is 0.0261. The number of carbonyl (C=O) groups excluding carboxylic acids is 3. The quantitative estimate of drug-likeness (QED) is 0.302. The largest absolute Gasteiger partial charge is 0.444 e. The number of ether oxygens (including phenoxy) is 3. The lowest BCUT2D eigenvalue weighted by Crippen LogP contribution is -2.35. The van der Waals surface area contributed by atoms with Crippen molar-refractivity contribution in [3.8, 4) is 0 Å². The molecule has 0 bridgehead atoms. The van der Waals surface area contributed by atoms with E-state index in [-0.39, 0.29) is 44.2 Å². The maximum Gasteiger partial charge on any atom is 0.410 e. The molecular formula is C31H50N6O8. The number of aliphatic hydroxyl groups excluding tert-OH is 2. The highest BCUT2D eigenvalue weighted by Gasteiger charge is 2.41. The first kappa shape index (κ1) is 39.2. The van der Waals surface area contributed by atoms with Crippen LogP contribution in [0.2, 0.25) is 0 Å². The van der Waals surface area contributed by atoms with Gasteiger partial charge in [0.15, 0.2) is 0 Å². The molecule has 3 fully saturated rings. The number of amides is 3. The Morgan fingerprint density at radius 2 is 0.822 bits per heavy atom. The summed E-state index contributed by atoms with van der Waals surface area (Å²) < 4.78 is 15.5. The average molecular weight is 635 g/mol. The molecule has 3 aliphatic rings. The highest BCUT2D eigenvalue weighted by atomic mass is 16.6. The highest BCUT2D eigenvalue weighted by Crippen LogP contribution is 2.22. The molecule has 14 heteroatoms. The summed E-state index contributed by atoms with van der Waals surface area (Å²) in [6.45, 7) is 40.8.